The predicted octanol–water partition coefficient (Wildman–Crippen LogP) is 1.86. The molecule has 0 radical (unpaired) electrons. The monoisotopic (exact) mass is 196 g/mol. The molecule has 1 aliphatic heterocycles. The minimum Gasteiger partial charge on any atom is -0.314 e. The highest BCUT2D eigenvalue weighted by molar-refractivity contribution is 4.86. The third kappa shape index (κ3) is 2.48. The van der Waals surface area contributed by atoms with Crippen molar-refractivity contribution in [1.29, 1.82) is 0 Å². The maximum absolute atomic E-state index is 3.47. The van der Waals surface area contributed by atoms with Crippen molar-refractivity contribution >= 4 is 0 Å². The molecule has 1 aliphatic carbocycles. The third-order valence-electron chi connectivity index (χ3n) is 3.80. The van der Waals surface area contributed by atoms with Crippen LogP contribution >= 0.6 is 0 Å². The van der Waals surface area contributed by atoms with E-state index in [9.17, 15) is 0 Å². The second kappa shape index (κ2) is 4.63. The van der Waals surface area contributed by atoms with Crippen molar-refractivity contribution in [1.82, 2.24) is 10.2 Å². The van der Waals surface area contributed by atoms with Gasteiger partial charge in [0.15, 0.2) is 0 Å². The van der Waals surface area contributed by atoms with Crippen LogP contribution < -0.4 is 5.32 Å². The number of nitrogens with one attached hydrogen (secondary N) is 1. The summed E-state index contributed by atoms with van der Waals surface area (Å²) in [6.45, 7) is 8.34. The maximum Gasteiger partial charge on any atom is 0.0195 e. The van der Waals surface area contributed by atoms with Gasteiger partial charge >= 0.3 is 0 Å². The van der Waals surface area contributed by atoms with E-state index in [0.717, 1.165) is 18.0 Å². The Balaban J connectivity index is 1.87. The Morgan fingerprint density at radius 3 is 2.79 bits per heavy atom. The fraction of sp³-hybridized carbons (Fsp3) is 1.00. The van der Waals surface area contributed by atoms with E-state index in [2.05, 4.69) is 24.1 Å². The molecular formula is C12H24N2. The molecule has 1 saturated carbocycles. The van der Waals surface area contributed by atoms with Crippen LogP contribution in [0.15, 0.2) is 0 Å². The molecule has 2 aliphatic rings. The smallest absolute Gasteiger partial charge is 0.0195 e. The summed E-state index contributed by atoms with van der Waals surface area (Å²) >= 11 is 0. The Hall–Kier alpha value is -0.0800. The second-order valence-electron chi connectivity index (χ2n) is 5.03. The van der Waals surface area contributed by atoms with Crippen LogP contribution in [0.25, 0.3) is 0 Å². The van der Waals surface area contributed by atoms with E-state index >= 15 is 0 Å². The Bertz CT molecular complexity index is 177. The van der Waals surface area contributed by atoms with Crippen LogP contribution in [0.5, 0.6) is 0 Å². The van der Waals surface area contributed by atoms with Crippen molar-refractivity contribution < 1.29 is 0 Å². The molecule has 2 unspecified atom stereocenters. The van der Waals surface area contributed by atoms with Crippen LogP contribution in [0, 0.1) is 5.92 Å². The van der Waals surface area contributed by atoms with Crippen LogP contribution in [0.1, 0.15) is 39.5 Å². The van der Waals surface area contributed by atoms with Gasteiger partial charge in [-0.05, 0) is 25.7 Å². The fourth-order valence-corrected chi connectivity index (χ4v) is 2.67. The van der Waals surface area contributed by atoms with E-state index < -0.39 is 0 Å². The molecule has 0 spiro atoms. The Kier molecular flexibility index (Phi) is 3.45. The first-order valence-corrected chi connectivity index (χ1v) is 6.27. The molecule has 2 nitrogen and oxygen atoms in total. The zero-order valence-corrected chi connectivity index (χ0v) is 9.63. The summed E-state index contributed by atoms with van der Waals surface area (Å²) in [5.74, 6) is 1.07. The molecule has 1 saturated heterocycles. The van der Waals surface area contributed by atoms with Gasteiger partial charge in [-0.15, -0.1) is 0 Å². The zero-order chi connectivity index (χ0) is 9.97. The first-order valence-electron chi connectivity index (χ1n) is 6.27. The second-order valence-corrected chi connectivity index (χ2v) is 5.03. The Morgan fingerprint density at radius 1 is 1.43 bits per heavy atom. The van der Waals surface area contributed by atoms with Crippen molar-refractivity contribution in [3.8, 4) is 0 Å². The van der Waals surface area contributed by atoms with Crippen molar-refractivity contribution in [3.63, 3.8) is 0 Å². The normalized spacial score (nSPS) is 31.7. The van der Waals surface area contributed by atoms with Crippen LogP contribution in [0.2, 0.25) is 0 Å². The lowest BCUT2D eigenvalue weighted by Crippen LogP contribution is -2.53. The molecule has 0 aromatic heterocycles. The summed E-state index contributed by atoms with van der Waals surface area (Å²) in [4.78, 5) is 2.73. The van der Waals surface area contributed by atoms with Gasteiger partial charge in [0.2, 0.25) is 0 Å². The van der Waals surface area contributed by atoms with E-state index in [-0.39, 0.29) is 0 Å². The first-order chi connectivity index (χ1) is 6.81. The fourth-order valence-electron chi connectivity index (χ4n) is 2.67. The first kappa shape index (κ1) is 10.4. The molecule has 2 heteroatoms. The Morgan fingerprint density at radius 2 is 2.21 bits per heavy atom. The molecule has 0 aromatic rings. The largest absolute Gasteiger partial charge is 0.314 e. The molecule has 0 aromatic carbocycles. The van der Waals surface area contributed by atoms with Gasteiger partial charge in [0, 0.05) is 31.7 Å². The summed E-state index contributed by atoms with van der Waals surface area (Å²) in [6, 6.07) is 1.60. The minimum absolute atomic E-state index is 0.743. The average Bonchev–Trinajstić information content (AvgIpc) is 2.99. The summed E-state index contributed by atoms with van der Waals surface area (Å²) in [6.07, 6.45) is 5.79. The quantitative estimate of drug-likeness (QED) is 0.738. The molecule has 1 N–H and O–H groups in total. The van der Waals surface area contributed by atoms with Crippen molar-refractivity contribution in [2.45, 2.75) is 51.6 Å². The predicted molar refractivity (Wildman–Crippen MR) is 60.5 cm³/mol. The molecule has 1 heterocycles. The van der Waals surface area contributed by atoms with Gasteiger partial charge in [-0.2, -0.15) is 0 Å². The number of piperazine rings is 1. The summed E-state index contributed by atoms with van der Waals surface area (Å²) in [5, 5.41) is 3.47. The van der Waals surface area contributed by atoms with Crippen LogP contribution in [0.4, 0.5) is 0 Å². The van der Waals surface area contributed by atoms with Gasteiger partial charge < -0.3 is 5.32 Å². The standard InChI is InChI=1S/C12H24N2/c1-3-12(8-11-4-5-11)14-7-6-13-9-10(14)2/h10-13H,3-9H2,1-2H3. The van der Waals surface area contributed by atoms with Crippen LogP contribution in [-0.4, -0.2) is 36.6 Å². The topological polar surface area (TPSA) is 15.3 Å². The summed E-state index contributed by atoms with van der Waals surface area (Å²) < 4.78 is 0. The van der Waals surface area contributed by atoms with Crippen molar-refractivity contribution in [2.24, 2.45) is 5.92 Å². The lowest BCUT2D eigenvalue weighted by molar-refractivity contribution is 0.104. The molecule has 2 fully saturated rings. The van der Waals surface area contributed by atoms with Gasteiger partial charge in [0.25, 0.3) is 0 Å². The molecule has 0 amide bonds. The summed E-state index contributed by atoms with van der Waals surface area (Å²) in [7, 11) is 0. The van der Waals surface area contributed by atoms with E-state index in [0.29, 0.717) is 0 Å². The van der Waals surface area contributed by atoms with Crippen molar-refractivity contribution in [2.75, 3.05) is 19.6 Å². The summed E-state index contributed by atoms with van der Waals surface area (Å²) in [5.41, 5.74) is 0. The minimum atomic E-state index is 0.743. The van der Waals surface area contributed by atoms with Crippen LogP contribution in [0.3, 0.4) is 0 Å². The van der Waals surface area contributed by atoms with Crippen molar-refractivity contribution in [3.05, 3.63) is 0 Å². The lowest BCUT2D eigenvalue weighted by Gasteiger charge is -2.40. The van der Waals surface area contributed by atoms with Gasteiger partial charge in [0.1, 0.15) is 0 Å². The molecule has 2 atom stereocenters. The SMILES string of the molecule is CCC(CC1CC1)N1CCNCC1C. The van der Waals surface area contributed by atoms with Gasteiger partial charge in [0.05, 0.1) is 0 Å². The van der Waals surface area contributed by atoms with Crippen LogP contribution in [-0.2, 0) is 0 Å². The molecule has 82 valence electrons. The molecule has 2 rings (SSSR count). The third-order valence-corrected chi connectivity index (χ3v) is 3.80. The molecule has 14 heavy (non-hydrogen) atoms. The maximum atomic E-state index is 3.47. The highest BCUT2D eigenvalue weighted by Gasteiger charge is 2.30. The van der Waals surface area contributed by atoms with Gasteiger partial charge in [-0.3, -0.25) is 4.90 Å². The zero-order valence-electron chi connectivity index (χ0n) is 9.63. The molecule has 0 bridgehead atoms. The number of hydrogen-bond donors (Lipinski definition) is 1. The molecular weight excluding hydrogens is 172 g/mol. The number of rotatable bonds is 4. The van der Waals surface area contributed by atoms with Gasteiger partial charge in [-0.25, -0.2) is 0 Å². The van der Waals surface area contributed by atoms with E-state index in [1.165, 1.54) is 45.3 Å². The van der Waals surface area contributed by atoms with E-state index in [1.54, 1.807) is 0 Å². The van der Waals surface area contributed by atoms with Gasteiger partial charge in [-0.1, -0.05) is 19.8 Å². The number of hydrogen-bond acceptors (Lipinski definition) is 2. The average molecular weight is 196 g/mol. The highest BCUT2D eigenvalue weighted by Crippen LogP contribution is 2.35. The highest BCUT2D eigenvalue weighted by atomic mass is 15.2. The van der Waals surface area contributed by atoms with E-state index in [4.69, 9.17) is 0 Å². The lowest BCUT2D eigenvalue weighted by atomic mass is 10.0. The Labute approximate surface area is 88.1 Å². The van der Waals surface area contributed by atoms with E-state index in [1.807, 2.05) is 0 Å². The number of nitrogens with zero attached hydrogens (tertiary/aromatic N) is 1.